The fraction of sp³-hybridized carbons (Fsp3) is 0.462. The molecule has 0 fully saturated rings. The summed E-state index contributed by atoms with van der Waals surface area (Å²) in [7, 11) is -3.80. The number of carboxylic acid groups (broad SMARTS) is 1. The van der Waals surface area contributed by atoms with Crippen molar-refractivity contribution >= 4 is 50.6 Å². The fourth-order valence-corrected chi connectivity index (χ4v) is 9.37. The van der Waals surface area contributed by atoms with Crippen LogP contribution in [0.5, 0.6) is 11.5 Å². The lowest BCUT2D eigenvalue weighted by Crippen LogP contribution is -2.43. The number of nitrogens with one attached hydrogen (secondary N) is 1. The Kier molecular flexibility index (Phi) is 14.0. The summed E-state index contributed by atoms with van der Waals surface area (Å²) in [6.07, 6.45) is 7.04. The van der Waals surface area contributed by atoms with Crippen LogP contribution in [0.4, 0.5) is 11.4 Å². The highest BCUT2D eigenvalue weighted by Gasteiger charge is 2.42. The highest BCUT2D eigenvalue weighted by Crippen LogP contribution is 2.47. The van der Waals surface area contributed by atoms with Gasteiger partial charge < -0.3 is 25.2 Å². The minimum Gasteiger partial charge on any atom is -0.508 e. The van der Waals surface area contributed by atoms with E-state index in [9.17, 15) is 33.0 Å². The van der Waals surface area contributed by atoms with Gasteiger partial charge in [-0.2, -0.15) is 0 Å². The van der Waals surface area contributed by atoms with E-state index in [2.05, 4.69) is 24.1 Å². The number of carbonyl (C=O) groups excluding carboxylic acids is 2. The number of hydrogen-bond donors (Lipinski definition) is 3. The van der Waals surface area contributed by atoms with Crippen LogP contribution in [0.2, 0.25) is 0 Å². The molecule has 3 aromatic carbocycles. The van der Waals surface area contributed by atoms with E-state index < -0.39 is 51.5 Å². The van der Waals surface area contributed by atoms with Gasteiger partial charge in [0, 0.05) is 30.1 Å². The summed E-state index contributed by atoms with van der Waals surface area (Å²) < 4.78 is 34.9. The van der Waals surface area contributed by atoms with Gasteiger partial charge in [-0.15, -0.1) is 11.8 Å². The number of Topliss-reactive ketones (excluding diaryl/α,β-unsaturated/α-hetero) is 1. The van der Waals surface area contributed by atoms with Gasteiger partial charge in [-0.3, -0.25) is 9.59 Å². The molecule has 0 aromatic heterocycles. The predicted octanol–water partition coefficient (Wildman–Crippen LogP) is 7.51. The molecule has 4 rings (SSSR count). The molecule has 2 atom stereocenters. The number of nitrogens with zero attached hydrogens (tertiary/aromatic N) is 1. The maximum Gasteiger partial charge on any atom is 0.326 e. The average Bonchev–Trinajstić information content (AvgIpc) is 3.21. The Morgan fingerprint density at radius 1 is 0.980 bits per heavy atom. The van der Waals surface area contributed by atoms with Gasteiger partial charge in [-0.05, 0) is 61.4 Å². The lowest BCUT2D eigenvalue weighted by Gasteiger charge is -2.37. The monoisotopic (exact) mass is 738 g/mol. The molecule has 51 heavy (non-hydrogen) atoms. The molecule has 1 unspecified atom stereocenters. The minimum absolute atomic E-state index is 0.00579. The van der Waals surface area contributed by atoms with Crippen LogP contribution in [-0.2, 0) is 24.2 Å². The Morgan fingerprint density at radius 3 is 2.20 bits per heavy atom. The van der Waals surface area contributed by atoms with E-state index in [0.29, 0.717) is 22.7 Å². The number of anilines is 2. The SMILES string of the molecule is CCCCC1(CCCC)CN(c2ccccc2)c2cc(SC)c(OCC(=O)C[C@@H](C(=O)NC(CC)C(=O)O)c3ccc(O)cc3)cc2S(=O)(=O)C1. The van der Waals surface area contributed by atoms with Crippen LogP contribution in [0, 0.1) is 5.41 Å². The molecule has 276 valence electrons. The number of amides is 1. The number of fused-ring (bicyclic) bond motifs is 1. The molecular formula is C39H50N2O8S2. The number of phenolic OH excluding ortho intramolecular Hbond substituents is 1. The number of benzene rings is 3. The zero-order valence-corrected chi connectivity index (χ0v) is 31.5. The maximum atomic E-state index is 14.4. The molecule has 1 aliphatic heterocycles. The first-order valence-corrected chi connectivity index (χ1v) is 20.5. The third-order valence-corrected chi connectivity index (χ3v) is 12.3. The molecule has 1 amide bonds. The second kappa shape index (κ2) is 17.9. The molecular weight excluding hydrogens is 689 g/mol. The Labute approximate surface area is 305 Å². The number of sulfone groups is 1. The van der Waals surface area contributed by atoms with E-state index in [4.69, 9.17) is 4.74 Å². The number of thioether (sulfide) groups is 1. The normalized spacial score (nSPS) is 16.0. The maximum absolute atomic E-state index is 14.4. The van der Waals surface area contributed by atoms with Crippen molar-refractivity contribution in [3.63, 3.8) is 0 Å². The van der Waals surface area contributed by atoms with Gasteiger partial charge in [0.2, 0.25) is 5.91 Å². The van der Waals surface area contributed by atoms with Gasteiger partial charge in [-0.25, -0.2) is 13.2 Å². The van der Waals surface area contributed by atoms with Crippen molar-refractivity contribution in [2.45, 2.75) is 93.9 Å². The molecule has 3 N–H and O–H groups in total. The molecule has 0 bridgehead atoms. The van der Waals surface area contributed by atoms with Gasteiger partial charge in [0.15, 0.2) is 15.6 Å². The Balaban J connectivity index is 1.68. The molecule has 0 saturated heterocycles. The molecule has 0 radical (unpaired) electrons. The molecule has 0 aliphatic carbocycles. The van der Waals surface area contributed by atoms with E-state index in [0.717, 1.165) is 44.2 Å². The van der Waals surface area contributed by atoms with Gasteiger partial charge in [-0.1, -0.05) is 76.8 Å². The highest BCUT2D eigenvalue weighted by molar-refractivity contribution is 7.98. The number of hydrogen-bond acceptors (Lipinski definition) is 9. The summed E-state index contributed by atoms with van der Waals surface area (Å²) in [6.45, 7) is 5.99. The number of rotatable bonds is 18. The number of carbonyl (C=O) groups is 3. The molecule has 1 heterocycles. The van der Waals surface area contributed by atoms with Gasteiger partial charge in [0.1, 0.15) is 24.1 Å². The average molecular weight is 739 g/mol. The summed E-state index contributed by atoms with van der Waals surface area (Å²) in [5.41, 5.74) is 1.44. The van der Waals surface area contributed by atoms with Crippen LogP contribution in [0.1, 0.15) is 83.6 Å². The third-order valence-electron chi connectivity index (χ3n) is 9.51. The number of aliphatic carboxylic acids is 1. The van der Waals surface area contributed by atoms with E-state index in [-0.39, 0.29) is 35.0 Å². The molecule has 1 aliphatic rings. The van der Waals surface area contributed by atoms with Crippen LogP contribution in [0.25, 0.3) is 0 Å². The predicted molar refractivity (Wildman–Crippen MR) is 201 cm³/mol. The van der Waals surface area contributed by atoms with Crippen LogP contribution >= 0.6 is 11.8 Å². The summed E-state index contributed by atoms with van der Waals surface area (Å²) in [4.78, 5) is 41.3. The van der Waals surface area contributed by atoms with Crippen LogP contribution in [-0.4, -0.2) is 67.5 Å². The first-order chi connectivity index (χ1) is 24.4. The van der Waals surface area contributed by atoms with Crippen molar-refractivity contribution in [1.82, 2.24) is 5.32 Å². The number of para-hydroxylation sites is 1. The van der Waals surface area contributed by atoms with E-state index in [1.807, 2.05) is 42.7 Å². The van der Waals surface area contributed by atoms with Crippen LogP contribution < -0.4 is 15.0 Å². The van der Waals surface area contributed by atoms with Gasteiger partial charge in [0.25, 0.3) is 0 Å². The number of unbranched alkanes of at least 4 members (excludes halogenated alkanes) is 2. The molecule has 3 aromatic rings. The quantitative estimate of drug-likeness (QED) is 0.112. The van der Waals surface area contributed by atoms with E-state index in [1.54, 1.807) is 6.92 Å². The first-order valence-electron chi connectivity index (χ1n) is 17.6. The standard InChI is InChI=1S/C39H50N2O8S2/c1-5-8-19-39(20-9-6-2)25-41(28-13-11-10-12-14-28)33-22-35(50-4)34(23-36(33)51(47,48)26-39)49-24-30(43)21-31(27-15-17-29(42)18-16-27)37(44)40-32(7-3)38(45)46/h10-18,22-23,31-32,42H,5-9,19-21,24-26H2,1-4H3,(H,40,44)(H,45,46)/t31-,32?/m1/s1. The van der Waals surface area contributed by atoms with Crippen molar-refractivity contribution in [1.29, 1.82) is 0 Å². The van der Waals surface area contributed by atoms with E-state index >= 15 is 0 Å². The topological polar surface area (TPSA) is 150 Å². The zero-order chi connectivity index (χ0) is 37.2. The second-order valence-electron chi connectivity index (χ2n) is 13.3. The summed E-state index contributed by atoms with van der Waals surface area (Å²) in [5.74, 6) is -3.08. The van der Waals surface area contributed by atoms with Crippen molar-refractivity contribution < 1.29 is 37.8 Å². The van der Waals surface area contributed by atoms with Crippen LogP contribution in [0.15, 0.2) is 76.5 Å². The number of ether oxygens (including phenoxy) is 1. The van der Waals surface area contributed by atoms with Crippen molar-refractivity contribution in [2.24, 2.45) is 5.41 Å². The number of carboxylic acids is 1. The first kappa shape index (κ1) is 39.8. The number of ketones is 1. The van der Waals surface area contributed by atoms with Crippen molar-refractivity contribution in [3.8, 4) is 11.5 Å². The van der Waals surface area contributed by atoms with Crippen LogP contribution in [0.3, 0.4) is 0 Å². The van der Waals surface area contributed by atoms with Crippen molar-refractivity contribution in [2.75, 3.05) is 30.1 Å². The summed E-state index contributed by atoms with van der Waals surface area (Å²) >= 11 is 1.38. The molecule has 0 saturated carbocycles. The summed E-state index contributed by atoms with van der Waals surface area (Å²) in [6, 6.07) is 17.9. The minimum atomic E-state index is -3.80. The largest absolute Gasteiger partial charge is 0.508 e. The Morgan fingerprint density at radius 2 is 1.63 bits per heavy atom. The second-order valence-corrected chi connectivity index (χ2v) is 16.1. The van der Waals surface area contributed by atoms with Crippen molar-refractivity contribution in [3.05, 3.63) is 72.3 Å². The number of phenols is 1. The Hall–Kier alpha value is -4.03. The van der Waals surface area contributed by atoms with E-state index in [1.165, 1.54) is 42.1 Å². The molecule has 10 nitrogen and oxygen atoms in total. The molecule has 12 heteroatoms. The van der Waals surface area contributed by atoms with Gasteiger partial charge >= 0.3 is 5.97 Å². The molecule has 0 spiro atoms. The highest BCUT2D eigenvalue weighted by atomic mass is 32.2. The third kappa shape index (κ3) is 10.1. The zero-order valence-electron chi connectivity index (χ0n) is 29.9. The lowest BCUT2D eigenvalue weighted by molar-refractivity contribution is -0.142. The summed E-state index contributed by atoms with van der Waals surface area (Å²) in [5, 5.41) is 21.8. The Bertz CT molecular complexity index is 1760. The lowest BCUT2D eigenvalue weighted by atomic mass is 9.79. The fourth-order valence-electron chi connectivity index (χ4n) is 6.70. The smallest absolute Gasteiger partial charge is 0.326 e. The number of aromatic hydroxyl groups is 1. The van der Waals surface area contributed by atoms with Gasteiger partial charge in [0.05, 0.1) is 27.1 Å².